The fourth-order valence-electron chi connectivity index (χ4n) is 5.25. The van der Waals surface area contributed by atoms with Crippen molar-refractivity contribution in [3.8, 4) is 0 Å². The highest BCUT2D eigenvalue weighted by molar-refractivity contribution is 5.84. The molecule has 4 atom stereocenters. The van der Waals surface area contributed by atoms with Crippen LogP contribution in [0.15, 0.2) is 128 Å². The molecule has 4 unspecified atom stereocenters. The zero-order valence-corrected chi connectivity index (χ0v) is 25.7. The normalized spacial score (nSPS) is 18.2. The third kappa shape index (κ3) is 8.16. The van der Waals surface area contributed by atoms with E-state index in [4.69, 9.17) is 4.99 Å². The Bertz CT molecular complexity index is 1660. The van der Waals surface area contributed by atoms with Gasteiger partial charge in [-0.05, 0) is 34.4 Å². The lowest BCUT2D eigenvalue weighted by Crippen LogP contribution is -2.13. The first-order valence-electron chi connectivity index (χ1n) is 15.3. The summed E-state index contributed by atoms with van der Waals surface area (Å²) in [7, 11) is 0. The van der Waals surface area contributed by atoms with Gasteiger partial charge in [0.25, 0.3) is 0 Å². The second-order valence-corrected chi connectivity index (χ2v) is 11.6. The molecule has 1 aliphatic rings. The number of pyridine rings is 1. The van der Waals surface area contributed by atoms with Gasteiger partial charge in [0, 0.05) is 73.0 Å². The minimum absolute atomic E-state index is 0.0346. The topological polar surface area (TPSA) is 76.8 Å². The Hall–Kier alpha value is -4.84. The predicted octanol–water partition coefficient (Wildman–Crippen LogP) is 7.97. The van der Waals surface area contributed by atoms with Crippen LogP contribution in [0, 0.1) is 11.8 Å². The van der Waals surface area contributed by atoms with Gasteiger partial charge >= 0.3 is 0 Å². The van der Waals surface area contributed by atoms with E-state index in [2.05, 4.69) is 101 Å². The van der Waals surface area contributed by atoms with E-state index < -0.39 is 0 Å². The second kappa shape index (κ2) is 15.1. The lowest BCUT2D eigenvalue weighted by molar-refractivity contribution is 0.551. The molecular weight excluding hydrogens is 540 g/mol. The Morgan fingerprint density at radius 1 is 0.795 bits per heavy atom. The molecule has 6 heteroatoms. The highest BCUT2D eigenvalue weighted by atomic mass is 14.9. The number of rotatable bonds is 12. The number of benzene rings is 1. The van der Waals surface area contributed by atoms with Gasteiger partial charge in [-0.3, -0.25) is 9.98 Å². The van der Waals surface area contributed by atoms with Crippen molar-refractivity contribution in [1.29, 1.82) is 0 Å². The average Bonchev–Trinajstić information content (AvgIpc) is 3.05. The summed E-state index contributed by atoms with van der Waals surface area (Å²) >= 11 is 0. The van der Waals surface area contributed by atoms with Gasteiger partial charge in [0.2, 0.25) is 0 Å². The molecule has 0 aliphatic carbocycles. The number of dihydropyridines is 1. The lowest BCUT2D eigenvalue weighted by Gasteiger charge is -2.16. The van der Waals surface area contributed by atoms with Crippen LogP contribution >= 0.6 is 0 Å². The Morgan fingerprint density at radius 2 is 1.55 bits per heavy atom. The lowest BCUT2D eigenvalue weighted by atomic mass is 9.94. The molecular formula is C38H40N6. The van der Waals surface area contributed by atoms with Crippen LogP contribution in [0.5, 0.6) is 0 Å². The summed E-state index contributed by atoms with van der Waals surface area (Å²) in [4.78, 5) is 27.7. The van der Waals surface area contributed by atoms with E-state index in [1.54, 1.807) is 6.08 Å². The zero-order chi connectivity index (χ0) is 30.7. The Morgan fingerprint density at radius 3 is 2.27 bits per heavy atom. The maximum Gasteiger partial charge on any atom is 0.135 e. The average molecular weight is 581 g/mol. The van der Waals surface area contributed by atoms with Crippen LogP contribution in [-0.4, -0.2) is 37.2 Å². The van der Waals surface area contributed by atoms with Crippen LogP contribution in [0.2, 0.25) is 0 Å². The number of nitrogens with zero attached hydrogens (tertiary/aromatic N) is 6. The maximum absolute atomic E-state index is 4.73. The molecule has 4 aromatic rings. The first-order chi connectivity index (χ1) is 21.5. The number of hydrogen-bond acceptors (Lipinski definition) is 6. The molecule has 0 saturated carbocycles. The van der Waals surface area contributed by atoms with E-state index in [-0.39, 0.29) is 23.8 Å². The summed E-state index contributed by atoms with van der Waals surface area (Å²) in [6, 6.07) is 8.36. The van der Waals surface area contributed by atoms with Gasteiger partial charge in [-0.2, -0.15) is 0 Å². The van der Waals surface area contributed by atoms with Gasteiger partial charge in [-0.25, -0.2) is 19.9 Å². The van der Waals surface area contributed by atoms with E-state index in [1.165, 1.54) is 10.9 Å². The second-order valence-electron chi connectivity index (χ2n) is 11.6. The molecule has 0 saturated heterocycles. The third-order valence-electron chi connectivity index (χ3n) is 7.77. The molecule has 44 heavy (non-hydrogen) atoms. The molecule has 222 valence electrons. The van der Waals surface area contributed by atoms with Gasteiger partial charge in [-0.15, -0.1) is 0 Å². The van der Waals surface area contributed by atoms with Crippen molar-refractivity contribution in [2.75, 3.05) is 0 Å². The number of aromatic nitrogens is 5. The van der Waals surface area contributed by atoms with Gasteiger partial charge in [0.1, 0.15) is 11.6 Å². The van der Waals surface area contributed by atoms with Crippen molar-refractivity contribution in [3.05, 3.63) is 151 Å². The summed E-state index contributed by atoms with van der Waals surface area (Å²) in [5.74, 6) is 2.59. The fourth-order valence-corrected chi connectivity index (χ4v) is 5.25. The number of fused-ring (bicyclic) bond motifs is 1. The van der Waals surface area contributed by atoms with Gasteiger partial charge in [0.05, 0.1) is 6.04 Å². The first kappa shape index (κ1) is 30.6. The third-order valence-corrected chi connectivity index (χ3v) is 7.77. The van der Waals surface area contributed by atoms with Crippen molar-refractivity contribution in [3.63, 3.8) is 0 Å². The Balaban J connectivity index is 1.09. The quantitative estimate of drug-likeness (QED) is 0.125. The molecule has 0 N–H and O–H groups in total. The summed E-state index contributed by atoms with van der Waals surface area (Å²) in [5, 5.41) is 2.36. The van der Waals surface area contributed by atoms with Crippen molar-refractivity contribution in [1.82, 2.24) is 24.9 Å². The van der Waals surface area contributed by atoms with Crippen molar-refractivity contribution in [2.45, 2.75) is 51.5 Å². The molecule has 3 aromatic heterocycles. The molecule has 6 nitrogen and oxygen atoms in total. The van der Waals surface area contributed by atoms with Gasteiger partial charge in [0.15, 0.2) is 0 Å². The van der Waals surface area contributed by atoms with Crippen molar-refractivity contribution < 1.29 is 0 Å². The van der Waals surface area contributed by atoms with Crippen LogP contribution in [0.1, 0.15) is 60.9 Å². The standard InChI is InChI=1S/C38H40N6/c1-5-6-14-35(27(2)3)38-43-21-30(22-44-38)18-29-16-17-34(40-20-29)13-9-7-11-28(4)37-41-23-31(24-42-37)19-33-26-39-25-32-12-8-10-15-36(32)33/h5-17,20-29,34-35H,1,18-19H2,2-4H3. The van der Waals surface area contributed by atoms with Crippen LogP contribution in [0.25, 0.3) is 10.8 Å². The van der Waals surface area contributed by atoms with E-state index >= 15 is 0 Å². The minimum Gasteiger partial charge on any atom is -0.285 e. The summed E-state index contributed by atoms with van der Waals surface area (Å²) in [6.07, 6.45) is 33.7. The summed E-state index contributed by atoms with van der Waals surface area (Å²) < 4.78 is 0. The largest absolute Gasteiger partial charge is 0.285 e. The van der Waals surface area contributed by atoms with Gasteiger partial charge < -0.3 is 0 Å². The van der Waals surface area contributed by atoms with E-state index in [1.807, 2.05) is 67.7 Å². The highest BCUT2D eigenvalue weighted by Crippen LogP contribution is 2.24. The first-order valence-corrected chi connectivity index (χ1v) is 15.3. The van der Waals surface area contributed by atoms with Crippen molar-refractivity contribution >= 4 is 17.0 Å². The Kier molecular flexibility index (Phi) is 10.5. The smallest absolute Gasteiger partial charge is 0.135 e. The summed E-state index contributed by atoms with van der Waals surface area (Å²) in [5.41, 5.74) is 3.36. The Labute approximate surface area is 260 Å². The molecule has 0 spiro atoms. The van der Waals surface area contributed by atoms with E-state index in [9.17, 15) is 0 Å². The molecule has 1 aliphatic heterocycles. The number of hydrogen-bond donors (Lipinski definition) is 0. The predicted molar refractivity (Wildman–Crippen MR) is 181 cm³/mol. The van der Waals surface area contributed by atoms with E-state index in [0.717, 1.165) is 41.0 Å². The molecule has 0 amide bonds. The molecule has 1 aromatic carbocycles. The molecule has 4 heterocycles. The van der Waals surface area contributed by atoms with Crippen LogP contribution < -0.4 is 0 Å². The molecule has 0 bridgehead atoms. The highest BCUT2D eigenvalue weighted by Gasteiger charge is 2.16. The monoisotopic (exact) mass is 580 g/mol. The van der Waals surface area contributed by atoms with Crippen LogP contribution in [0.4, 0.5) is 0 Å². The fraction of sp³-hybridized carbons (Fsp3) is 0.263. The summed E-state index contributed by atoms with van der Waals surface area (Å²) in [6.45, 7) is 10.2. The molecule has 5 rings (SSSR count). The van der Waals surface area contributed by atoms with Crippen molar-refractivity contribution in [2.24, 2.45) is 16.8 Å². The van der Waals surface area contributed by atoms with Crippen LogP contribution in [-0.2, 0) is 12.8 Å². The van der Waals surface area contributed by atoms with Gasteiger partial charge in [-0.1, -0.05) is 106 Å². The number of aliphatic imine (C=N–C) groups is 1. The number of allylic oxidation sites excluding steroid dienone is 7. The van der Waals surface area contributed by atoms with E-state index in [0.29, 0.717) is 5.92 Å². The van der Waals surface area contributed by atoms with Crippen LogP contribution in [0.3, 0.4) is 0 Å². The SMILES string of the molecule is C=CC=CC(c1ncc(CC2C=CC(C=CC=CC(C)c3ncc(Cc4cncc5ccccc45)cn3)N=C2)cn1)C(C)C. The molecule has 0 fully saturated rings. The minimum atomic E-state index is 0.0346. The zero-order valence-electron chi connectivity index (χ0n) is 25.7. The maximum atomic E-state index is 4.73. The molecule has 0 radical (unpaired) electrons.